The van der Waals surface area contributed by atoms with Crippen molar-refractivity contribution in [3.05, 3.63) is 107 Å². The summed E-state index contributed by atoms with van der Waals surface area (Å²) in [5, 5.41) is 10.7. The molecule has 39 heavy (non-hydrogen) atoms. The van der Waals surface area contributed by atoms with Gasteiger partial charge < -0.3 is 25.3 Å². The minimum Gasteiger partial charge on any atom is -0.438 e. The molecule has 0 unspecified atom stereocenters. The number of carbonyl (C=O) groups is 1. The first-order valence-electron chi connectivity index (χ1n) is 12.7. The Balaban J connectivity index is 1.18. The standard InChI is InChI=1S/C31H30ClN5O2/c1-37(2)20-23-10-6-7-11-27(23)36-31(38)35-24-14-12-21(13-15-24)16-17-33-29-25-18-28(22-8-4-3-5-9-22)39-30(25)34-19-26(29)32/h3-15,18-19H,16-17,20H2,1-2H3,(H,33,34)(H2,35,36,38). The van der Waals surface area contributed by atoms with Gasteiger partial charge in [0.05, 0.1) is 22.3 Å². The summed E-state index contributed by atoms with van der Waals surface area (Å²) in [5.41, 5.74) is 6.03. The van der Waals surface area contributed by atoms with E-state index in [0.717, 1.165) is 57.9 Å². The van der Waals surface area contributed by atoms with Crippen molar-refractivity contribution in [1.29, 1.82) is 0 Å². The number of pyridine rings is 1. The summed E-state index contributed by atoms with van der Waals surface area (Å²) in [7, 11) is 4.00. The van der Waals surface area contributed by atoms with Crippen LogP contribution < -0.4 is 16.0 Å². The van der Waals surface area contributed by atoms with E-state index in [-0.39, 0.29) is 6.03 Å². The van der Waals surface area contributed by atoms with E-state index in [1.807, 2.05) is 99.0 Å². The van der Waals surface area contributed by atoms with Crippen LogP contribution in [0.25, 0.3) is 22.4 Å². The Labute approximate surface area is 232 Å². The third-order valence-corrected chi connectivity index (χ3v) is 6.54. The third kappa shape index (κ3) is 6.57. The maximum absolute atomic E-state index is 12.6. The van der Waals surface area contributed by atoms with Crippen LogP contribution >= 0.6 is 11.6 Å². The molecule has 0 saturated heterocycles. The van der Waals surface area contributed by atoms with Crippen LogP contribution in [0.15, 0.2) is 95.5 Å². The number of para-hydroxylation sites is 1. The Hall–Kier alpha value is -4.33. The molecular formula is C31H30ClN5O2. The molecule has 3 aromatic carbocycles. The summed E-state index contributed by atoms with van der Waals surface area (Å²) in [6.45, 7) is 1.41. The van der Waals surface area contributed by atoms with Crippen LogP contribution in [0.5, 0.6) is 0 Å². The van der Waals surface area contributed by atoms with Crippen molar-refractivity contribution < 1.29 is 9.21 Å². The van der Waals surface area contributed by atoms with E-state index in [1.54, 1.807) is 6.20 Å². The van der Waals surface area contributed by atoms with Crippen molar-refractivity contribution in [3.63, 3.8) is 0 Å². The average molecular weight is 540 g/mol. The summed E-state index contributed by atoms with van der Waals surface area (Å²) in [6, 6.07) is 27.2. The largest absolute Gasteiger partial charge is 0.438 e. The van der Waals surface area contributed by atoms with Gasteiger partial charge in [0, 0.05) is 30.0 Å². The van der Waals surface area contributed by atoms with Gasteiger partial charge in [0.1, 0.15) is 5.76 Å². The number of hydrogen-bond donors (Lipinski definition) is 3. The fourth-order valence-electron chi connectivity index (χ4n) is 4.38. The normalized spacial score (nSPS) is 11.1. The Morgan fingerprint density at radius 1 is 0.949 bits per heavy atom. The average Bonchev–Trinajstić information content (AvgIpc) is 3.37. The lowest BCUT2D eigenvalue weighted by Crippen LogP contribution is -2.21. The van der Waals surface area contributed by atoms with Crippen molar-refractivity contribution in [2.24, 2.45) is 0 Å². The molecule has 0 fully saturated rings. The molecule has 5 rings (SSSR count). The number of benzene rings is 3. The zero-order valence-corrected chi connectivity index (χ0v) is 22.6. The molecule has 2 heterocycles. The van der Waals surface area contributed by atoms with Crippen molar-refractivity contribution in [1.82, 2.24) is 9.88 Å². The number of amides is 2. The molecule has 7 nitrogen and oxygen atoms in total. The minimum atomic E-state index is -0.276. The molecule has 0 radical (unpaired) electrons. The van der Waals surface area contributed by atoms with E-state index in [1.165, 1.54) is 0 Å². The smallest absolute Gasteiger partial charge is 0.323 e. The van der Waals surface area contributed by atoms with Gasteiger partial charge in [-0.15, -0.1) is 0 Å². The molecule has 0 spiro atoms. The summed E-state index contributed by atoms with van der Waals surface area (Å²) >= 11 is 6.49. The van der Waals surface area contributed by atoms with Gasteiger partial charge in [0.2, 0.25) is 5.71 Å². The molecule has 0 aliphatic heterocycles. The Bertz CT molecular complexity index is 1570. The number of fused-ring (bicyclic) bond motifs is 1. The first-order valence-corrected chi connectivity index (χ1v) is 13.1. The van der Waals surface area contributed by atoms with Crippen LogP contribution in [-0.2, 0) is 13.0 Å². The van der Waals surface area contributed by atoms with E-state index in [4.69, 9.17) is 16.0 Å². The van der Waals surface area contributed by atoms with E-state index in [9.17, 15) is 4.79 Å². The second kappa shape index (κ2) is 12.0. The van der Waals surface area contributed by atoms with Gasteiger partial charge >= 0.3 is 6.03 Å². The van der Waals surface area contributed by atoms with Crippen LogP contribution in [0.1, 0.15) is 11.1 Å². The second-order valence-electron chi connectivity index (χ2n) is 9.52. The molecular weight excluding hydrogens is 510 g/mol. The van der Waals surface area contributed by atoms with Crippen LogP contribution in [-0.4, -0.2) is 36.6 Å². The van der Waals surface area contributed by atoms with Crippen LogP contribution in [0.2, 0.25) is 5.02 Å². The molecule has 8 heteroatoms. The number of anilines is 3. The fraction of sp³-hybridized carbons (Fsp3) is 0.161. The maximum Gasteiger partial charge on any atom is 0.323 e. The number of nitrogens with zero attached hydrogens (tertiary/aromatic N) is 2. The zero-order valence-electron chi connectivity index (χ0n) is 21.9. The molecule has 5 aromatic rings. The van der Waals surface area contributed by atoms with Gasteiger partial charge in [-0.1, -0.05) is 72.3 Å². The van der Waals surface area contributed by atoms with Crippen LogP contribution in [0.3, 0.4) is 0 Å². The lowest BCUT2D eigenvalue weighted by molar-refractivity contribution is 0.262. The van der Waals surface area contributed by atoms with E-state index < -0.39 is 0 Å². The highest BCUT2D eigenvalue weighted by Gasteiger charge is 2.14. The number of hydrogen-bond acceptors (Lipinski definition) is 5. The molecule has 0 aliphatic rings. The van der Waals surface area contributed by atoms with Crippen LogP contribution in [0, 0.1) is 0 Å². The topological polar surface area (TPSA) is 82.4 Å². The van der Waals surface area contributed by atoms with Crippen molar-refractivity contribution in [2.45, 2.75) is 13.0 Å². The molecule has 2 amide bonds. The maximum atomic E-state index is 12.6. The Morgan fingerprint density at radius 3 is 2.46 bits per heavy atom. The van der Waals surface area contributed by atoms with E-state index in [2.05, 4.69) is 25.8 Å². The first kappa shape index (κ1) is 26.3. The highest BCUT2D eigenvalue weighted by atomic mass is 35.5. The minimum absolute atomic E-state index is 0.276. The Morgan fingerprint density at radius 2 is 1.69 bits per heavy atom. The lowest BCUT2D eigenvalue weighted by Gasteiger charge is -2.15. The molecule has 0 aliphatic carbocycles. The molecule has 0 saturated carbocycles. The summed E-state index contributed by atoms with van der Waals surface area (Å²) in [4.78, 5) is 19.0. The third-order valence-electron chi connectivity index (χ3n) is 6.25. The predicted molar refractivity (Wildman–Crippen MR) is 160 cm³/mol. The number of aromatic nitrogens is 1. The van der Waals surface area contributed by atoms with Crippen LogP contribution in [0.4, 0.5) is 21.9 Å². The molecule has 2 aromatic heterocycles. The number of halogens is 1. The van der Waals surface area contributed by atoms with Crippen molar-refractivity contribution >= 4 is 45.8 Å². The number of nitrogens with one attached hydrogen (secondary N) is 3. The number of rotatable bonds is 9. The Kier molecular flexibility index (Phi) is 8.10. The summed E-state index contributed by atoms with van der Waals surface area (Å²) in [6.07, 6.45) is 2.38. The monoisotopic (exact) mass is 539 g/mol. The van der Waals surface area contributed by atoms with Crippen molar-refractivity contribution in [3.8, 4) is 11.3 Å². The number of urea groups is 1. The first-order chi connectivity index (χ1) is 19.0. The second-order valence-corrected chi connectivity index (χ2v) is 9.93. The van der Waals surface area contributed by atoms with Crippen molar-refractivity contribution in [2.75, 3.05) is 36.6 Å². The van der Waals surface area contributed by atoms with Gasteiger partial charge in [-0.3, -0.25) is 0 Å². The highest BCUT2D eigenvalue weighted by molar-refractivity contribution is 6.34. The van der Waals surface area contributed by atoms with Gasteiger partial charge in [-0.25, -0.2) is 9.78 Å². The number of carbonyl (C=O) groups excluding carboxylic acids is 1. The molecule has 198 valence electrons. The molecule has 3 N–H and O–H groups in total. The SMILES string of the molecule is CN(C)Cc1ccccc1NC(=O)Nc1ccc(CCNc2c(Cl)cnc3oc(-c4ccccc4)cc23)cc1. The number of furan rings is 1. The van der Waals surface area contributed by atoms with Gasteiger partial charge in [0.15, 0.2) is 0 Å². The summed E-state index contributed by atoms with van der Waals surface area (Å²) in [5.74, 6) is 0.747. The predicted octanol–water partition coefficient (Wildman–Crippen LogP) is 7.51. The van der Waals surface area contributed by atoms with E-state index >= 15 is 0 Å². The van der Waals surface area contributed by atoms with Gasteiger partial charge in [-0.2, -0.15) is 0 Å². The highest BCUT2D eigenvalue weighted by Crippen LogP contribution is 2.35. The zero-order chi connectivity index (χ0) is 27.2. The van der Waals surface area contributed by atoms with Gasteiger partial charge in [0.25, 0.3) is 0 Å². The lowest BCUT2D eigenvalue weighted by atomic mass is 10.1. The van der Waals surface area contributed by atoms with E-state index in [0.29, 0.717) is 17.3 Å². The summed E-state index contributed by atoms with van der Waals surface area (Å²) < 4.78 is 5.97. The molecule has 0 bridgehead atoms. The van der Waals surface area contributed by atoms with Gasteiger partial charge in [-0.05, 0) is 55.9 Å². The fourth-order valence-corrected chi connectivity index (χ4v) is 4.60. The molecule has 0 atom stereocenters. The quantitative estimate of drug-likeness (QED) is 0.180.